The van der Waals surface area contributed by atoms with Gasteiger partial charge in [0.15, 0.2) is 0 Å². The Morgan fingerprint density at radius 2 is 1.88 bits per heavy atom. The van der Waals surface area contributed by atoms with Crippen LogP contribution in [0.15, 0.2) is 30.3 Å². The van der Waals surface area contributed by atoms with Crippen LogP contribution in [0.3, 0.4) is 0 Å². The number of ether oxygens (including phenoxy) is 1. The first-order valence-corrected chi connectivity index (χ1v) is 4.88. The lowest BCUT2D eigenvalue weighted by Gasteiger charge is -2.19. The van der Waals surface area contributed by atoms with Crippen LogP contribution in [0.1, 0.15) is 5.56 Å². The highest BCUT2D eigenvalue weighted by atomic mass is 19.4. The van der Waals surface area contributed by atoms with Gasteiger partial charge in [-0.3, -0.25) is 0 Å². The Labute approximate surface area is 92.4 Å². The van der Waals surface area contributed by atoms with Crippen molar-refractivity contribution in [2.45, 2.75) is 18.8 Å². The standard InChI is InChI=1S/C11H14F3NO/c1-16-8-10(15-11(12,13)14)7-9-5-3-2-4-6-9/h2-6,10,15H,7-8H2,1H3. The summed E-state index contributed by atoms with van der Waals surface area (Å²) in [6.07, 6.45) is -4.09. The van der Waals surface area contributed by atoms with Gasteiger partial charge in [-0.15, -0.1) is 0 Å². The Balaban J connectivity index is 2.58. The summed E-state index contributed by atoms with van der Waals surface area (Å²) < 4.78 is 41.3. The summed E-state index contributed by atoms with van der Waals surface area (Å²) in [5, 5.41) is 1.58. The van der Waals surface area contributed by atoms with Crippen molar-refractivity contribution in [3.05, 3.63) is 35.9 Å². The van der Waals surface area contributed by atoms with Gasteiger partial charge in [0.2, 0.25) is 0 Å². The van der Waals surface area contributed by atoms with E-state index in [1.807, 2.05) is 6.07 Å². The first-order chi connectivity index (χ1) is 7.51. The Morgan fingerprint density at radius 1 is 1.25 bits per heavy atom. The van der Waals surface area contributed by atoms with Crippen molar-refractivity contribution < 1.29 is 17.9 Å². The molecule has 16 heavy (non-hydrogen) atoms. The maximum Gasteiger partial charge on any atom is 0.457 e. The summed E-state index contributed by atoms with van der Waals surface area (Å²) in [4.78, 5) is 0. The molecule has 1 N–H and O–H groups in total. The number of rotatable bonds is 5. The molecule has 0 aromatic heterocycles. The first-order valence-electron chi connectivity index (χ1n) is 4.88. The van der Waals surface area contributed by atoms with Crippen LogP contribution in [0.4, 0.5) is 13.2 Å². The lowest BCUT2D eigenvalue weighted by molar-refractivity contribution is -0.166. The van der Waals surface area contributed by atoms with Crippen molar-refractivity contribution in [3.63, 3.8) is 0 Å². The van der Waals surface area contributed by atoms with Gasteiger partial charge >= 0.3 is 6.30 Å². The molecule has 5 heteroatoms. The van der Waals surface area contributed by atoms with E-state index in [2.05, 4.69) is 0 Å². The molecule has 0 bridgehead atoms. The second kappa shape index (κ2) is 5.86. The molecule has 1 unspecified atom stereocenters. The van der Waals surface area contributed by atoms with Crippen molar-refractivity contribution in [3.8, 4) is 0 Å². The Morgan fingerprint density at radius 3 is 2.38 bits per heavy atom. The molecule has 1 atom stereocenters. The second-order valence-electron chi connectivity index (χ2n) is 3.48. The fraction of sp³-hybridized carbons (Fsp3) is 0.455. The predicted molar refractivity (Wildman–Crippen MR) is 55.0 cm³/mol. The minimum atomic E-state index is -4.38. The molecule has 0 aliphatic rings. The van der Waals surface area contributed by atoms with E-state index in [1.54, 1.807) is 29.6 Å². The normalized spacial score (nSPS) is 13.8. The van der Waals surface area contributed by atoms with Gasteiger partial charge in [0, 0.05) is 13.2 Å². The van der Waals surface area contributed by atoms with Crippen LogP contribution in [0, 0.1) is 0 Å². The Kier molecular flexibility index (Phi) is 4.76. The minimum absolute atomic E-state index is 0.0222. The molecule has 0 spiro atoms. The number of methoxy groups -OCH3 is 1. The van der Waals surface area contributed by atoms with E-state index in [0.29, 0.717) is 0 Å². The molecule has 0 saturated heterocycles. The van der Waals surface area contributed by atoms with Crippen LogP contribution in [-0.2, 0) is 11.2 Å². The Hall–Kier alpha value is -1.07. The van der Waals surface area contributed by atoms with Crippen LogP contribution < -0.4 is 5.32 Å². The van der Waals surface area contributed by atoms with E-state index in [0.717, 1.165) is 5.56 Å². The van der Waals surface area contributed by atoms with E-state index in [9.17, 15) is 13.2 Å². The molecule has 0 fully saturated rings. The summed E-state index contributed by atoms with van der Waals surface area (Å²) in [5.41, 5.74) is 0.848. The molecule has 1 aromatic carbocycles. The van der Waals surface area contributed by atoms with Crippen molar-refractivity contribution in [2.75, 3.05) is 13.7 Å². The SMILES string of the molecule is COCC(Cc1ccccc1)NC(F)(F)F. The number of alkyl halides is 3. The molecule has 0 aliphatic carbocycles. The maximum absolute atomic E-state index is 12.2. The van der Waals surface area contributed by atoms with E-state index in [4.69, 9.17) is 4.74 Å². The molecule has 0 amide bonds. The highest BCUT2D eigenvalue weighted by Gasteiger charge is 2.30. The molecular formula is C11H14F3NO. The maximum atomic E-state index is 12.2. The summed E-state index contributed by atoms with van der Waals surface area (Å²) in [7, 11) is 1.38. The topological polar surface area (TPSA) is 21.3 Å². The zero-order valence-electron chi connectivity index (χ0n) is 8.92. The van der Waals surface area contributed by atoms with Crippen LogP contribution >= 0.6 is 0 Å². The zero-order chi connectivity index (χ0) is 12.0. The van der Waals surface area contributed by atoms with Gasteiger partial charge in [-0.05, 0) is 12.0 Å². The number of halogens is 3. The second-order valence-corrected chi connectivity index (χ2v) is 3.48. The molecule has 1 aromatic rings. The van der Waals surface area contributed by atoms with Gasteiger partial charge in [0.05, 0.1) is 6.61 Å². The predicted octanol–water partition coefficient (Wildman–Crippen LogP) is 2.35. The number of benzene rings is 1. The molecule has 0 radical (unpaired) electrons. The van der Waals surface area contributed by atoms with Gasteiger partial charge < -0.3 is 4.74 Å². The van der Waals surface area contributed by atoms with Gasteiger partial charge in [0.25, 0.3) is 0 Å². The van der Waals surface area contributed by atoms with Crippen LogP contribution in [-0.4, -0.2) is 26.1 Å². The molecule has 0 aliphatic heterocycles. The lowest BCUT2D eigenvalue weighted by Crippen LogP contribution is -2.44. The number of nitrogens with one attached hydrogen (secondary N) is 1. The van der Waals surface area contributed by atoms with Crippen molar-refractivity contribution in [1.82, 2.24) is 5.32 Å². The van der Waals surface area contributed by atoms with E-state index >= 15 is 0 Å². The fourth-order valence-corrected chi connectivity index (χ4v) is 1.48. The monoisotopic (exact) mass is 233 g/mol. The molecule has 0 heterocycles. The highest BCUT2D eigenvalue weighted by Crippen LogP contribution is 2.13. The van der Waals surface area contributed by atoms with Crippen molar-refractivity contribution in [1.29, 1.82) is 0 Å². The average molecular weight is 233 g/mol. The van der Waals surface area contributed by atoms with Crippen LogP contribution in [0.25, 0.3) is 0 Å². The third-order valence-electron chi connectivity index (χ3n) is 2.06. The van der Waals surface area contributed by atoms with E-state index in [1.165, 1.54) is 7.11 Å². The molecule has 90 valence electrons. The number of hydrogen-bond donors (Lipinski definition) is 1. The average Bonchev–Trinajstić information content (AvgIpc) is 2.17. The summed E-state index contributed by atoms with van der Waals surface area (Å²) in [6, 6.07) is 8.25. The fourth-order valence-electron chi connectivity index (χ4n) is 1.48. The van der Waals surface area contributed by atoms with E-state index in [-0.39, 0.29) is 13.0 Å². The van der Waals surface area contributed by atoms with Crippen LogP contribution in [0.2, 0.25) is 0 Å². The lowest BCUT2D eigenvalue weighted by atomic mass is 10.1. The summed E-state index contributed by atoms with van der Waals surface area (Å²) in [6.45, 7) is 0.0222. The largest absolute Gasteiger partial charge is 0.457 e. The zero-order valence-corrected chi connectivity index (χ0v) is 8.92. The number of hydrogen-bond acceptors (Lipinski definition) is 2. The third kappa shape index (κ3) is 5.14. The molecule has 1 rings (SSSR count). The van der Waals surface area contributed by atoms with Gasteiger partial charge in [-0.2, -0.15) is 13.2 Å². The molecule has 0 saturated carbocycles. The van der Waals surface area contributed by atoms with Gasteiger partial charge in [-0.25, -0.2) is 5.32 Å². The third-order valence-corrected chi connectivity index (χ3v) is 2.06. The first kappa shape index (κ1) is 13.0. The van der Waals surface area contributed by atoms with Crippen molar-refractivity contribution in [2.24, 2.45) is 0 Å². The highest BCUT2D eigenvalue weighted by molar-refractivity contribution is 5.15. The quantitative estimate of drug-likeness (QED) is 0.788. The summed E-state index contributed by atoms with van der Waals surface area (Å²) in [5.74, 6) is 0. The van der Waals surface area contributed by atoms with Crippen LogP contribution in [0.5, 0.6) is 0 Å². The van der Waals surface area contributed by atoms with E-state index < -0.39 is 12.3 Å². The van der Waals surface area contributed by atoms with Gasteiger partial charge in [-0.1, -0.05) is 30.3 Å². The van der Waals surface area contributed by atoms with Crippen molar-refractivity contribution >= 4 is 0 Å². The molecule has 2 nitrogen and oxygen atoms in total. The summed E-state index contributed by atoms with van der Waals surface area (Å²) >= 11 is 0. The molecular weight excluding hydrogens is 219 g/mol. The smallest absolute Gasteiger partial charge is 0.383 e. The van der Waals surface area contributed by atoms with Gasteiger partial charge in [0.1, 0.15) is 0 Å². The minimum Gasteiger partial charge on any atom is -0.383 e. The Bertz CT molecular complexity index is 300.